The SMILES string of the molecule is CC(C)(C)OC(=O)N[C@H](C(=O)O)[C@@H](O)c1ccccc1F. The topological polar surface area (TPSA) is 95.9 Å². The Morgan fingerprint density at radius 2 is 1.86 bits per heavy atom. The van der Waals surface area contributed by atoms with Crippen LogP contribution in [0.3, 0.4) is 0 Å². The average Bonchev–Trinajstić information content (AvgIpc) is 2.33. The third-order valence-corrected chi connectivity index (χ3v) is 2.48. The molecule has 2 atom stereocenters. The number of alkyl carbamates (subject to hydrolysis) is 1. The molecule has 21 heavy (non-hydrogen) atoms. The molecule has 0 radical (unpaired) electrons. The first-order valence-corrected chi connectivity index (χ1v) is 6.26. The lowest BCUT2D eigenvalue weighted by Crippen LogP contribution is -2.47. The molecule has 0 spiro atoms. The molecule has 6 nitrogen and oxygen atoms in total. The number of hydrogen-bond donors (Lipinski definition) is 3. The molecule has 7 heteroatoms. The van der Waals surface area contributed by atoms with E-state index < -0.39 is 35.6 Å². The molecule has 0 aromatic heterocycles. The van der Waals surface area contributed by atoms with Gasteiger partial charge in [-0.2, -0.15) is 0 Å². The molecule has 0 aliphatic carbocycles. The van der Waals surface area contributed by atoms with Gasteiger partial charge in [-0.3, -0.25) is 0 Å². The molecular formula is C14H18FNO5. The fraction of sp³-hybridized carbons (Fsp3) is 0.429. The predicted molar refractivity (Wildman–Crippen MR) is 72.2 cm³/mol. The van der Waals surface area contributed by atoms with Gasteiger partial charge in [0.05, 0.1) is 0 Å². The second kappa shape index (κ2) is 6.53. The van der Waals surface area contributed by atoms with Gasteiger partial charge in [-0.15, -0.1) is 0 Å². The van der Waals surface area contributed by atoms with Crippen molar-refractivity contribution in [1.29, 1.82) is 0 Å². The zero-order valence-corrected chi connectivity index (χ0v) is 12.0. The molecule has 0 fully saturated rings. The highest BCUT2D eigenvalue weighted by Crippen LogP contribution is 2.20. The van der Waals surface area contributed by atoms with Crippen LogP contribution >= 0.6 is 0 Å². The first kappa shape index (κ1) is 16.9. The lowest BCUT2D eigenvalue weighted by atomic mass is 10.0. The predicted octanol–water partition coefficient (Wildman–Crippen LogP) is 1.84. The summed E-state index contributed by atoms with van der Waals surface area (Å²) in [4.78, 5) is 22.8. The van der Waals surface area contributed by atoms with Crippen molar-refractivity contribution in [2.75, 3.05) is 0 Å². The summed E-state index contributed by atoms with van der Waals surface area (Å²) in [6.07, 6.45) is -2.75. The van der Waals surface area contributed by atoms with Crippen LogP contribution < -0.4 is 5.32 Å². The first-order valence-electron chi connectivity index (χ1n) is 6.26. The third kappa shape index (κ3) is 5.03. The molecule has 0 aliphatic rings. The van der Waals surface area contributed by atoms with Gasteiger partial charge in [0.1, 0.15) is 17.5 Å². The van der Waals surface area contributed by atoms with Crippen LogP contribution in [0.2, 0.25) is 0 Å². The van der Waals surface area contributed by atoms with Crippen molar-refractivity contribution in [3.05, 3.63) is 35.6 Å². The van der Waals surface area contributed by atoms with Crippen LogP contribution in [0.15, 0.2) is 24.3 Å². The summed E-state index contributed by atoms with van der Waals surface area (Å²) in [5, 5.41) is 21.1. The number of rotatable bonds is 4. The monoisotopic (exact) mass is 299 g/mol. The number of carboxylic acid groups (broad SMARTS) is 1. The van der Waals surface area contributed by atoms with Gasteiger partial charge < -0.3 is 20.3 Å². The van der Waals surface area contributed by atoms with Crippen LogP contribution in [0.25, 0.3) is 0 Å². The number of benzene rings is 1. The van der Waals surface area contributed by atoms with E-state index in [0.29, 0.717) is 0 Å². The van der Waals surface area contributed by atoms with Crippen LogP contribution in [-0.2, 0) is 9.53 Å². The largest absolute Gasteiger partial charge is 0.480 e. The zero-order chi connectivity index (χ0) is 16.2. The highest BCUT2D eigenvalue weighted by molar-refractivity contribution is 5.80. The van der Waals surface area contributed by atoms with E-state index in [4.69, 9.17) is 9.84 Å². The van der Waals surface area contributed by atoms with E-state index in [0.717, 1.165) is 6.07 Å². The summed E-state index contributed by atoms with van der Waals surface area (Å²) in [7, 11) is 0. The summed E-state index contributed by atoms with van der Waals surface area (Å²) in [5.74, 6) is -2.26. The maximum Gasteiger partial charge on any atom is 0.408 e. The summed E-state index contributed by atoms with van der Waals surface area (Å²) in [6, 6.07) is 3.46. The summed E-state index contributed by atoms with van der Waals surface area (Å²) in [6.45, 7) is 4.82. The van der Waals surface area contributed by atoms with Crippen LogP contribution in [0.4, 0.5) is 9.18 Å². The Hall–Kier alpha value is -2.15. The van der Waals surface area contributed by atoms with Gasteiger partial charge in [0.25, 0.3) is 0 Å². The molecule has 0 heterocycles. The van der Waals surface area contributed by atoms with E-state index in [-0.39, 0.29) is 5.56 Å². The lowest BCUT2D eigenvalue weighted by molar-refractivity contribution is -0.142. The van der Waals surface area contributed by atoms with Crippen molar-refractivity contribution >= 4 is 12.1 Å². The Balaban J connectivity index is 2.90. The Bertz CT molecular complexity index is 526. The van der Waals surface area contributed by atoms with Crippen LogP contribution in [0.1, 0.15) is 32.4 Å². The Kier molecular flexibility index (Phi) is 5.26. The molecule has 0 unspecified atom stereocenters. The van der Waals surface area contributed by atoms with Crippen molar-refractivity contribution in [1.82, 2.24) is 5.32 Å². The van der Waals surface area contributed by atoms with Crippen molar-refractivity contribution in [3.63, 3.8) is 0 Å². The average molecular weight is 299 g/mol. The van der Waals surface area contributed by atoms with E-state index in [1.54, 1.807) is 20.8 Å². The lowest BCUT2D eigenvalue weighted by Gasteiger charge is -2.24. The molecule has 0 saturated carbocycles. The number of nitrogens with one attached hydrogen (secondary N) is 1. The van der Waals surface area contributed by atoms with E-state index in [2.05, 4.69) is 0 Å². The van der Waals surface area contributed by atoms with Crippen LogP contribution in [0, 0.1) is 5.82 Å². The fourth-order valence-corrected chi connectivity index (χ4v) is 1.60. The number of carbonyl (C=O) groups is 2. The maximum atomic E-state index is 13.6. The standard InChI is InChI=1S/C14H18FNO5/c1-14(2,3)21-13(20)16-10(12(18)19)11(17)8-6-4-5-7-9(8)15/h4-7,10-11,17H,1-3H3,(H,16,20)(H,18,19)/t10-,11-/m0/s1. The second-order valence-corrected chi connectivity index (χ2v) is 5.43. The number of amides is 1. The van der Waals surface area contributed by atoms with Crippen molar-refractivity contribution in [3.8, 4) is 0 Å². The first-order chi connectivity index (χ1) is 9.61. The quantitative estimate of drug-likeness (QED) is 0.788. The van der Waals surface area contributed by atoms with Crippen molar-refractivity contribution in [2.24, 2.45) is 0 Å². The van der Waals surface area contributed by atoms with Crippen molar-refractivity contribution in [2.45, 2.75) is 38.5 Å². The van der Waals surface area contributed by atoms with Gasteiger partial charge in [-0.1, -0.05) is 18.2 Å². The van der Waals surface area contributed by atoms with Gasteiger partial charge in [0, 0.05) is 5.56 Å². The van der Waals surface area contributed by atoms with E-state index in [1.165, 1.54) is 18.2 Å². The third-order valence-electron chi connectivity index (χ3n) is 2.48. The number of hydrogen-bond acceptors (Lipinski definition) is 4. The molecule has 1 aromatic rings. The highest BCUT2D eigenvalue weighted by atomic mass is 19.1. The van der Waals surface area contributed by atoms with Gasteiger partial charge >= 0.3 is 12.1 Å². The molecule has 0 aliphatic heterocycles. The Morgan fingerprint density at radius 1 is 1.29 bits per heavy atom. The molecule has 0 bridgehead atoms. The summed E-state index contributed by atoms with van der Waals surface area (Å²) in [5.41, 5.74) is -1.04. The molecule has 1 aromatic carbocycles. The molecule has 3 N–H and O–H groups in total. The van der Waals surface area contributed by atoms with E-state index in [1.807, 2.05) is 5.32 Å². The number of aliphatic hydroxyl groups is 1. The minimum atomic E-state index is -1.74. The molecule has 116 valence electrons. The van der Waals surface area contributed by atoms with E-state index >= 15 is 0 Å². The zero-order valence-electron chi connectivity index (χ0n) is 12.0. The fourth-order valence-electron chi connectivity index (χ4n) is 1.60. The number of carboxylic acids is 1. The van der Waals surface area contributed by atoms with Gasteiger partial charge in [0.15, 0.2) is 6.04 Å². The maximum absolute atomic E-state index is 13.6. The van der Waals surface area contributed by atoms with Gasteiger partial charge in [-0.05, 0) is 26.8 Å². The smallest absolute Gasteiger partial charge is 0.408 e. The molecule has 1 rings (SSSR count). The Labute approximate surface area is 121 Å². The van der Waals surface area contributed by atoms with Gasteiger partial charge in [-0.25, -0.2) is 14.0 Å². The number of halogens is 1. The van der Waals surface area contributed by atoms with Crippen LogP contribution in [-0.4, -0.2) is 33.9 Å². The van der Waals surface area contributed by atoms with Crippen molar-refractivity contribution < 1.29 is 28.9 Å². The summed E-state index contributed by atoms with van der Waals surface area (Å²) < 4.78 is 18.5. The normalized spacial score (nSPS) is 14.1. The van der Waals surface area contributed by atoms with Crippen LogP contribution in [0.5, 0.6) is 0 Å². The number of aliphatic hydroxyl groups excluding tert-OH is 1. The number of carbonyl (C=O) groups excluding carboxylic acids is 1. The number of aliphatic carboxylic acids is 1. The minimum absolute atomic E-state index is 0.221. The number of ether oxygens (including phenoxy) is 1. The summed E-state index contributed by atoms with van der Waals surface area (Å²) >= 11 is 0. The molecule has 1 amide bonds. The second-order valence-electron chi connectivity index (χ2n) is 5.43. The minimum Gasteiger partial charge on any atom is -0.480 e. The highest BCUT2D eigenvalue weighted by Gasteiger charge is 2.32. The Morgan fingerprint density at radius 3 is 2.33 bits per heavy atom. The van der Waals surface area contributed by atoms with Gasteiger partial charge in [0.2, 0.25) is 0 Å². The molecular weight excluding hydrogens is 281 g/mol. The molecule has 0 saturated heterocycles. The van der Waals surface area contributed by atoms with E-state index in [9.17, 15) is 19.1 Å².